The van der Waals surface area contributed by atoms with Crippen LogP contribution < -0.4 is 0 Å². The van der Waals surface area contributed by atoms with Crippen molar-refractivity contribution in [2.75, 3.05) is 19.6 Å². The van der Waals surface area contributed by atoms with Crippen LogP contribution in [0, 0.1) is 5.92 Å². The third kappa shape index (κ3) is 9.34. The van der Waals surface area contributed by atoms with Crippen molar-refractivity contribution < 1.29 is 4.39 Å². The van der Waals surface area contributed by atoms with E-state index in [-0.39, 0.29) is 18.0 Å². The van der Waals surface area contributed by atoms with Crippen molar-refractivity contribution in [2.45, 2.75) is 92.7 Å². The Morgan fingerprint density at radius 1 is 0.913 bits per heavy atom. The number of hydrogen-bond acceptors (Lipinski definition) is 2. The second kappa shape index (κ2) is 12.8. The summed E-state index contributed by atoms with van der Waals surface area (Å²) in [5.41, 5.74) is 0. The van der Waals surface area contributed by atoms with Gasteiger partial charge in [-0.25, -0.2) is 0 Å². The average molecular weight is 329 g/mol. The van der Waals surface area contributed by atoms with Crippen LogP contribution in [0.5, 0.6) is 0 Å². The first-order chi connectivity index (χ1) is 10.9. The van der Waals surface area contributed by atoms with Gasteiger partial charge in [0.1, 0.15) is 0 Å². The van der Waals surface area contributed by atoms with Gasteiger partial charge in [-0.1, -0.05) is 40.0 Å². The second-order valence-corrected chi connectivity index (χ2v) is 7.10. The maximum absolute atomic E-state index is 14.1. The summed E-state index contributed by atoms with van der Waals surface area (Å²) in [6, 6.07) is 0.472. The van der Waals surface area contributed by atoms with Crippen LogP contribution in [0.4, 0.5) is 4.39 Å². The van der Waals surface area contributed by atoms with Gasteiger partial charge in [0, 0.05) is 12.1 Å². The highest BCUT2D eigenvalue weighted by molar-refractivity contribution is 4.99. The van der Waals surface area contributed by atoms with E-state index < -0.39 is 0 Å². The Hall–Kier alpha value is -0.570. The molecule has 3 heteroatoms. The van der Waals surface area contributed by atoms with Gasteiger partial charge in [0.2, 0.25) is 0 Å². The van der Waals surface area contributed by atoms with Crippen LogP contribution >= 0.6 is 0 Å². The quantitative estimate of drug-likeness (QED) is 0.541. The van der Waals surface area contributed by atoms with E-state index in [9.17, 15) is 4.39 Å². The van der Waals surface area contributed by atoms with Gasteiger partial charge in [0.15, 0.2) is 5.95 Å². The topological polar surface area (TPSA) is 6.48 Å². The van der Waals surface area contributed by atoms with Crippen molar-refractivity contribution in [1.29, 1.82) is 0 Å². The number of allylic oxidation sites excluding steroid dienone is 1. The second-order valence-electron chi connectivity index (χ2n) is 7.10. The molecule has 0 heterocycles. The summed E-state index contributed by atoms with van der Waals surface area (Å²) in [5.74, 6) is 0.450. The maximum atomic E-state index is 14.1. The van der Waals surface area contributed by atoms with Gasteiger partial charge in [-0.15, -0.1) is 0 Å². The monoisotopic (exact) mass is 328 g/mol. The van der Waals surface area contributed by atoms with Crippen molar-refractivity contribution in [3.05, 3.63) is 12.0 Å². The first-order valence-electron chi connectivity index (χ1n) is 9.75. The lowest BCUT2D eigenvalue weighted by molar-refractivity contribution is 0.176. The summed E-state index contributed by atoms with van der Waals surface area (Å²) in [5, 5.41) is 0. The molecular formula is C20H41FN2. The van der Waals surface area contributed by atoms with Crippen LogP contribution in [-0.4, -0.2) is 41.5 Å². The van der Waals surface area contributed by atoms with Crippen molar-refractivity contribution >= 4 is 0 Å². The Morgan fingerprint density at radius 2 is 1.35 bits per heavy atom. The Kier molecular flexibility index (Phi) is 12.5. The third-order valence-electron chi connectivity index (χ3n) is 4.72. The lowest BCUT2D eigenvalue weighted by Crippen LogP contribution is -2.35. The van der Waals surface area contributed by atoms with Gasteiger partial charge in [0.05, 0.1) is 0 Å². The molecule has 0 amide bonds. The Bertz CT molecular complexity index is 289. The fourth-order valence-electron chi connectivity index (χ4n) is 3.34. The normalized spacial score (nSPS) is 16.7. The molecule has 1 aliphatic rings. The van der Waals surface area contributed by atoms with Gasteiger partial charge in [-0.2, -0.15) is 4.39 Å². The van der Waals surface area contributed by atoms with Gasteiger partial charge in [-0.3, -0.25) is 0 Å². The fourth-order valence-corrected chi connectivity index (χ4v) is 3.34. The predicted molar refractivity (Wildman–Crippen MR) is 101 cm³/mol. The van der Waals surface area contributed by atoms with Crippen molar-refractivity contribution in [2.24, 2.45) is 5.92 Å². The van der Waals surface area contributed by atoms with E-state index in [4.69, 9.17) is 0 Å². The molecule has 0 aromatic heterocycles. The van der Waals surface area contributed by atoms with Gasteiger partial charge in [-0.05, 0) is 72.2 Å². The molecule has 1 rings (SSSR count). The van der Waals surface area contributed by atoms with E-state index in [2.05, 4.69) is 25.7 Å². The van der Waals surface area contributed by atoms with Gasteiger partial charge >= 0.3 is 0 Å². The zero-order chi connectivity index (χ0) is 17.8. The molecule has 0 N–H and O–H groups in total. The number of halogens is 1. The van der Waals surface area contributed by atoms with E-state index in [1.807, 2.05) is 38.7 Å². The lowest BCUT2D eigenvalue weighted by atomic mass is 9.89. The predicted octanol–water partition coefficient (Wildman–Crippen LogP) is 5.84. The molecule has 0 bridgehead atoms. The highest BCUT2D eigenvalue weighted by Crippen LogP contribution is 2.27. The van der Waals surface area contributed by atoms with Gasteiger partial charge in [0.25, 0.3) is 0 Å². The first-order valence-corrected chi connectivity index (χ1v) is 9.75. The third-order valence-corrected chi connectivity index (χ3v) is 4.72. The maximum Gasteiger partial charge on any atom is 0.186 e. The number of nitrogens with zero attached hydrogens (tertiary/aromatic N) is 2. The molecule has 1 aliphatic carbocycles. The minimum Gasteiger partial charge on any atom is -0.344 e. The molecular weight excluding hydrogens is 287 g/mol. The largest absolute Gasteiger partial charge is 0.344 e. The molecule has 1 fully saturated rings. The molecule has 23 heavy (non-hydrogen) atoms. The molecule has 1 saturated carbocycles. The molecule has 0 radical (unpaired) electrons. The van der Waals surface area contributed by atoms with Crippen LogP contribution in [0.2, 0.25) is 0 Å². The fraction of sp³-hybridized carbons (Fsp3) is 0.900. The molecule has 0 unspecified atom stereocenters. The molecule has 0 saturated heterocycles. The van der Waals surface area contributed by atoms with E-state index in [0.717, 1.165) is 12.8 Å². The standard InChI is InChI=1S/C14H26FN.C6H15N/c1-11(2)16(12(3)4)14(15)10-13-8-6-5-7-9-13;1-4-7(5-2)6-3/h10-13H,5-9H2,1-4H3;4-6H2,1-3H3/b14-10-;. The Labute approximate surface area is 145 Å². The summed E-state index contributed by atoms with van der Waals surface area (Å²) in [6.45, 7) is 18.3. The number of rotatable bonds is 7. The summed E-state index contributed by atoms with van der Waals surface area (Å²) in [7, 11) is 0. The Balaban J connectivity index is 0.000000585. The lowest BCUT2D eigenvalue weighted by Gasteiger charge is -2.32. The van der Waals surface area contributed by atoms with Gasteiger partial charge < -0.3 is 9.80 Å². The Morgan fingerprint density at radius 3 is 1.65 bits per heavy atom. The average Bonchev–Trinajstić information content (AvgIpc) is 2.49. The molecule has 0 aliphatic heterocycles. The summed E-state index contributed by atoms with van der Waals surface area (Å²) < 4.78 is 14.1. The SMILES string of the molecule is CC(C)N(/C(F)=C\C1CCCCC1)C(C)C.CCN(CC)CC. The number of hydrogen-bond donors (Lipinski definition) is 0. The zero-order valence-corrected chi connectivity index (χ0v) is 16.7. The summed E-state index contributed by atoms with van der Waals surface area (Å²) in [4.78, 5) is 4.24. The van der Waals surface area contributed by atoms with E-state index in [1.54, 1.807) is 0 Å². The summed E-state index contributed by atoms with van der Waals surface area (Å²) >= 11 is 0. The zero-order valence-electron chi connectivity index (χ0n) is 16.7. The minimum absolute atomic E-state index is 0.0168. The smallest absolute Gasteiger partial charge is 0.186 e. The van der Waals surface area contributed by atoms with E-state index >= 15 is 0 Å². The molecule has 0 aromatic carbocycles. The van der Waals surface area contributed by atoms with Crippen molar-refractivity contribution in [3.63, 3.8) is 0 Å². The van der Waals surface area contributed by atoms with E-state index in [0.29, 0.717) is 5.92 Å². The van der Waals surface area contributed by atoms with Crippen LogP contribution in [0.15, 0.2) is 12.0 Å². The first kappa shape index (κ1) is 22.4. The molecule has 138 valence electrons. The van der Waals surface area contributed by atoms with E-state index in [1.165, 1.54) is 38.9 Å². The highest BCUT2D eigenvalue weighted by Gasteiger charge is 2.19. The minimum atomic E-state index is -0.0168. The molecule has 0 atom stereocenters. The highest BCUT2D eigenvalue weighted by atomic mass is 19.1. The van der Waals surface area contributed by atoms with Crippen molar-refractivity contribution in [1.82, 2.24) is 9.80 Å². The molecule has 0 spiro atoms. The van der Waals surface area contributed by atoms with Crippen molar-refractivity contribution in [3.8, 4) is 0 Å². The molecule has 0 aromatic rings. The van der Waals surface area contributed by atoms with Crippen LogP contribution in [0.25, 0.3) is 0 Å². The van der Waals surface area contributed by atoms with Crippen LogP contribution in [0.3, 0.4) is 0 Å². The summed E-state index contributed by atoms with van der Waals surface area (Å²) in [6.07, 6.45) is 8.04. The molecule has 2 nitrogen and oxygen atoms in total. The van der Waals surface area contributed by atoms with Crippen LogP contribution in [0.1, 0.15) is 80.6 Å². The van der Waals surface area contributed by atoms with Crippen LogP contribution in [-0.2, 0) is 0 Å².